The van der Waals surface area contributed by atoms with Crippen LogP contribution in [0.2, 0.25) is 0 Å². The molecule has 0 heterocycles. The van der Waals surface area contributed by atoms with Crippen LogP contribution in [0.15, 0.2) is 12.2 Å². The van der Waals surface area contributed by atoms with Crippen LogP contribution >= 0.6 is 9.24 Å². The summed E-state index contributed by atoms with van der Waals surface area (Å²) < 4.78 is 0. The first-order chi connectivity index (χ1) is 3.77. The molecule has 0 saturated heterocycles. The Morgan fingerprint density at radius 3 is 2.38 bits per heavy atom. The topological polar surface area (TPSA) is 0 Å². The molecule has 48 valence electrons. The van der Waals surface area contributed by atoms with Gasteiger partial charge in [0.05, 0.1) is 0 Å². The molecule has 0 amide bonds. The fourth-order valence-electron chi connectivity index (χ4n) is 0.465. The highest BCUT2D eigenvalue weighted by Crippen LogP contribution is 1.99. The Morgan fingerprint density at radius 1 is 1.38 bits per heavy atom. The van der Waals surface area contributed by atoms with Gasteiger partial charge in [0.1, 0.15) is 0 Å². The first kappa shape index (κ1) is 8.17. The average molecular weight is 130 g/mol. The molecule has 0 nitrogen and oxygen atoms in total. The maximum absolute atomic E-state index is 2.67. The minimum atomic E-state index is 0.808. The lowest BCUT2D eigenvalue weighted by Gasteiger charge is -1.94. The van der Waals surface area contributed by atoms with Crippen molar-refractivity contribution >= 4 is 9.24 Å². The summed E-state index contributed by atoms with van der Waals surface area (Å²) in [5.74, 6) is 0.808. The normalized spacial score (nSPS) is 11.5. The van der Waals surface area contributed by atoms with E-state index in [9.17, 15) is 0 Å². The smallest absolute Gasteiger partial charge is 0.0200 e. The zero-order chi connectivity index (χ0) is 6.41. The van der Waals surface area contributed by atoms with Crippen molar-refractivity contribution < 1.29 is 0 Å². The fraction of sp³-hybridized carbons (Fsp3) is 0.714. The van der Waals surface area contributed by atoms with Crippen LogP contribution in [0.5, 0.6) is 0 Å². The maximum atomic E-state index is 2.67. The van der Waals surface area contributed by atoms with Gasteiger partial charge >= 0.3 is 0 Å². The summed E-state index contributed by atoms with van der Waals surface area (Å²) in [4.78, 5) is 0. The molecule has 0 aliphatic heterocycles. The predicted octanol–water partition coefficient (Wildman–Crippen LogP) is 2.46. The van der Waals surface area contributed by atoms with Crippen molar-refractivity contribution in [1.29, 1.82) is 0 Å². The van der Waals surface area contributed by atoms with Crippen LogP contribution in [0.4, 0.5) is 0 Å². The summed E-state index contributed by atoms with van der Waals surface area (Å²) in [7, 11) is 2.67. The Morgan fingerprint density at radius 2 is 2.00 bits per heavy atom. The van der Waals surface area contributed by atoms with Crippen LogP contribution in [-0.4, -0.2) is 6.16 Å². The summed E-state index contributed by atoms with van der Waals surface area (Å²) in [6.07, 6.45) is 6.73. The molecular weight excluding hydrogens is 115 g/mol. The van der Waals surface area contributed by atoms with Crippen molar-refractivity contribution in [2.45, 2.75) is 20.3 Å². The third-order valence-electron chi connectivity index (χ3n) is 0.910. The zero-order valence-corrected chi connectivity index (χ0v) is 6.88. The molecule has 0 rings (SSSR count). The van der Waals surface area contributed by atoms with Gasteiger partial charge in [0, 0.05) is 0 Å². The van der Waals surface area contributed by atoms with E-state index in [0.717, 1.165) is 12.1 Å². The Kier molecular flexibility index (Phi) is 5.42. The van der Waals surface area contributed by atoms with E-state index in [0.29, 0.717) is 0 Å². The molecule has 0 aliphatic rings. The van der Waals surface area contributed by atoms with Gasteiger partial charge in [-0.3, -0.25) is 0 Å². The Labute approximate surface area is 54.6 Å². The molecule has 0 bridgehead atoms. The molecule has 1 unspecified atom stereocenters. The van der Waals surface area contributed by atoms with Gasteiger partial charge < -0.3 is 0 Å². The minimum Gasteiger partial charge on any atom is -0.134 e. The Bertz CT molecular complexity index is 64.8. The van der Waals surface area contributed by atoms with Crippen LogP contribution in [0, 0.1) is 5.92 Å². The SMILES string of the molecule is CC(C)CC=CCP. The van der Waals surface area contributed by atoms with Crippen molar-refractivity contribution in [2.75, 3.05) is 6.16 Å². The lowest BCUT2D eigenvalue weighted by molar-refractivity contribution is 0.663. The van der Waals surface area contributed by atoms with Gasteiger partial charge in [-0.05, 0) is 18.5 Å². The average Bonchev–Trinajstić information content (AvgIpc) is 1.66. The van der Waals surface area contributed by atoms with E-state index in [1.165, 1.54) is 6.42 Å². The minimum absolute atomic E-state index is 0.808. The molecule has 0 aromatic carbocycles. The van der Waals surface area contributed by atoms with Gasteiger partial charge in [-0.15, -0.1) is 9.24 Å². The van der Waals surface area contributed by atoms with Crippen LogP contribution in [0.1, 0.15) is 20.3 Å². The first-order valence-corrected chi connectivity index (χ1v) is 3.94. The van der Waals surface area contributed by atoms with E-state index >= 15 is 0 Å². The molecule has 0 N–H and O–H groups in total. The van der Waals surface area contributed by atoms with Gasteiger partial charge in [0.15, 0.2) is 0 Å². The van der Waals surface area contributed by atoms with Crippen LogP contribution in [0.3, 0.4) is 0 Å². The Hall–Kier alpha value is 0.170. The van der Waals surface area contributed by atoms with Gasteiger partial charge in [-0.1, -0.05) is 26.0 Å². The van der Waals surface area contributed by atoms with E-state index < -0.39 is 0 Å². The van der Waals surface area contributed by atoms with E-state index in [4.69, 9.17) is 0 Å². The second-order valence-corrected chi connectivity index (χ2v) is 2.81. The van der Waals surface area contributed by atoms with Crippen molar-refractivity contribution in [3.63, 3.8) is 0 Å². The number of hydrogen-bond donors (Lipinski definition) is 0. The van der Waals surface area contributed by atoms with Crippen LogP contribution in [-0.2, 0) is 0 Å². The third-order valence-corrected chi connectivity index (χ3v) is 1.18. The number of allylic oxidation sites excluding steroid dienone is 2. The first-order valence-electron chi connectivity index (χ1n) is 3.12. The molecule has 0 spiro atoms. The quantitative estimate of drug-likeness (QED) is 0.406. The molecule has 0 radical (unpaired) electrons. The molecule has 1 heteroatoms. The predicted molar refractivity (Wildman–Crippen MR) is 43.2 cm³/mol. The molecule has 1 atom stereocenters. The van der Waals surface area contributed by atoms with Crippen LogP contribution in [0.25, 0.3) is 0 Å². The lowest BCUT2D eigenvalue weighted by Crippen LogP contribution is -1.80. The van der Waals surface area contributed by atoms with E-state index in [1.807, 2.05) is 0 Å². The third kappa shape index (κ3) is 6.17. The number of hydrogen-bond acceptors (Lipinski definition) is 0. The fourth-order valence-corrected chi connectivity index (χ4v) is 0.657. The van der Waals surface area contributed by atoms with E-state index in [2.05, 4.69) is 35.2 Å². The highest BCUT2D eigenvalue weighted by atomic mass is 31.0. The van der Waals surface area contributed by atoms with E-state index in [1.54, 1.807) is 0 Å². The van der Waals surface area contributed by atoms with Crippen molar-refractivity contribution in [1.82, 2.24) is 0 Å². The van der Waals surface area contributed by atoms with Crippen molar-refractivity contribution in [3.8, 4) is 0 Å². The molecule has 0 fully saturated rings. The summed E-state index contributed by atoms with van der Waals surface area (Å²) >= 11 is 0. The highest BCUT2D eigenvalue weighted by Gasteiger charge is 1.84. The Balaban J connectivity index is 3.03. The maximum Gasteiger partial charge on any atom is -0.0200 e. The molecule has 0 aliphatic carbocycles. The van der Waals surface area contributed by atoms with Crippen molar-refractivity contribution in [3.05, 3.63) is 12.2 Å². The monoisotopic (exact) mass is 130 g/mol. The zero-order valence-electron chi connectivity index (χ0n) is 5.72. The second kappa shape index (κ2) is 5.31. The largest absolute Gasteiger partial charge is 0.134 e. The number of rotatable bonds is 3. The van der Waals surface area contributed by atoms with E-state index in [-0.39, 0.29) is 0 Å². The molecule has 8 heavy (non-hydrogen) atoms. The molecule has 0 saturated carbocycles. The lowest BCUT2D eigenvalue weighted by atomic mass is 10.1. The highest BCUT2D eigenvalue weighted by molar-refractivity contribution is 7.16. The molecule has 0 aromatic rings. The molecule has 0 aromatic heterocycles. The van der Waals surface area contributed by atoms with Gasteiger partial charge in [0.25, 0.3) is 0 Å². The van der Waals surface area contributed by atoms with Gasteiger partial charge in [0.2, 0.25) is 0 Å². The second-order valence-electron chi connectivity index (χ2n) is 2.34. The van der Waals surface area contributed by atoms with Gasteiger partial charge in [-0.25, -0.2) is 0 Å². The standard InChI is InChI=1S/C7H15P/c1-7(2)5-3-4-6-8/h3-4,7H,5-6,8H2,1-2H3. The molecular formula is C7H15P. The summed E-state index contributed by atoms with van der Waals surface area (Å²) in [5, 5.41) is 0. The summed E-state index contributed by atoms with van der Waals surface area (Å²) in [6, 6.07) is 0. The van der Waals surface area contributed by atoms with Crippen LogP contribution < -0.4 is 0 Å². The summed E-state index contributed by atoms with van der Waals surface area (Å²) in [6.45, 7) is 4.46. The van der Waals surface area contributed by atoms with Crippen molar-refractivity contribution in [2.24, 2.45) is 5.92 Å². The summed E-state index contributed by atoms with van der Waals surface area (Å²) in [5.41, 5.74) is 0. The van der Waals surface area contributed by atoms with Gasteiger partial charge in [-0.2, -0.15) is 0 Å².